The van der Waals surface area contributed by atoms with Crippen LogP contribution in [0.5, 0.6) is 0 Å². The van der Waals surface area contributed by atoms with Gasteiger partial charge in [-0.3, -0.25) is 0 Å². The molecule has 2 atom stereocenters. The smallest absolute Gasteiger partial charge is 0.0940 e. The molecule has 0 heterocycles. The van der Waals surface area contributed by atoms with Gasteiger partial charge in [0.25, 0.3) is 0 Å². The van der Waals surface area contributed by atoms with Gasteiger partial charge in [-0.25, -0.2) is 0 Å². The summed E-state index contributed by atoms with van der Waals surface area (Å²) in [6.45, 7) is 11.7. The molecule has 2 unspecified atom stereocenters. The van der Waals surface area contributed by atoms with E-state index >= 15 is 0 Å². The zero-order chi connectivity index (χ0) is 13.8. The molecule has 1 rings (SSSR count). The monoisotopic (exact) mass is 249 g/mol. The highest BCUT2D eigenvalue weighted by molar-refractivity contribution is 5.29. The van der Waals surface area contributed by atoms with Gasteiger partial charge >= 0.3 is 0 Å². The maximum absolute atomic E-state index is 10.2. The maximum atomic E-state index is 10.2. The van der Waals surface area contributed by atoms with Gasteiger partial charge in [0.1, 0.15) is 0 Å². The number of hydrogen-bond acceptors (Lipinski definition) is 2. The Bertz CT molecular complexity index is 350. The summed E-state index contributed by atoms with van der Waals surface area (Å²) in [5, 5.41) is 13.6. The van der Waals surface area contributed by atoms with Crippen molar-refractivity contribution in [2.75, 3.05) is 6.54 Å². The van der Waals surface area contributed by atoms with Crippen molar-refractivity contribution in [3.05, 3.63) is 35.4 Å². The topological polar surface area (TPSA) is 32.3 Å². The molecule has 0 aliphatic heterocycles. The van der Waals surface area contributed by atoms with Crippen LogP contribution >= 0.6 is 0 Å². The lowest BCUT2D eigenvalue weighted by Crippen LogP contribution is -2.32. The second-order valence-electron chi connectivity index (χ2n) is 6.06. The van der Waals surface area contributed by atoms with Crippen LogP contribution in [0.2, 0.25) is 0 Å². The van der Waals surface area contributed by atoms with Gasteiger partial charge in [-0.1, -0.05) is 52.0 Å². The van der Waals surface area contributed by atoms with E-state index in [0.29, 0.717) is 0 Å². The van der Waals surface area contributed by atoms with Crippen molar-refractivity contribution in [1.82, 2.24) is 5.32 Å². The Morgan fingerprint density at radius 1 is 1.17 bits per heavy atom. The van der Waals surface area contributed by atoms with E-state index in [2.05, 4.69) is 45.1 Å². The van der Waals surface area contributed by atoms with Gasteiger partial charge in [0.15, 0.2) is 0 Å². The standard InChI is InChI=1S/C16H27NO/c1-6-11-17-12(2)15(18)13-7-9-14(10-8-13)16(3,4)5/h7-10,12,15,17-18H,6,11H2,1-5H3. The number of nitrogens with one attached hydrogen (secondary N) is 1. The van der Waals surface area contributed by atoms with E-state index in [1.165, 1.54) is 5.56 Å². The first-order valence-corrected chi connectivity index (χ1v) is 6.88. The number of rotatable bonds is 5. The molecule has 2 heteroatoms. The summed E-state index contributed by atoms with van der Waals surface area (Å²) in [6.07, 6.45) is 0.644. The normalized spacial score (nSPS) is 15.4. The fourth-order valence-electron chi connectivity index (χ4n) is 1.95. The molecule has 0 saturated heterocycles. The fraction of sp³-hybridized carbons (Fsp3) is 0.625. The molecule has 0 fully saturated rings. The van der Waals surface area contributed by atoms with Crippen LogP contribution in [0, 0.1) is 0 Å². The first-order chi connectivity index (χ1) is 8.36. The van der Waals surface area contributed by atoms with Crippen LogP contribution in [-0.4, -0.2) is 17.7 Å². The molecule has 1 aromatic rings. The summed E-state index contributed by atoms with van der Waals surface area (Å²) in [6, 6.07) is 8.39. The van der Waals surface area contributed by atoms with Crippen LogP contribution in [0.3, 0.4) is 0 Å². The zero-order valence-electron chi connectivity index (χ0n) is 12.3. The van der Waals surface area contributed by atoms with Crippen molar-refractivity contribution in [2.45, 2.75) is 58.6 Å². The van der Waals surface area contributed by atoms with Crippen LogP contribution in [0.4, 0.5) is 0 Å². The predicted molar refractivity (Wildman–Crippen MR) is 77.9 cm³/mol. The minimum absolute atomic E-state index is 0.0884. The summed E-state index contributed by atoms with van der Waals surface area (Å²) in [4.78, 5) is 0. The van der Waals surface area contributed by atoms with Crippen molar-refractivity contribution in [1.29, 1.82) is 0 Å². The fourth-order valence-corrected chi connectivity index (χ4v) is 1.95. The number of aliphatic hydroxyl groups excluding tert-OH is 1. The summed E-state index contributed by atoms with van der Waals surface area (Å²) >= 11 is 0. The predicted octanol–water partition coefficient (Wildman–Crippen LogP) is 3.41. The molecule has 0 saturated carbocycles. The van der Waals surface area contributed by atoms with E-state index in [-0.39, 0.29) is 11.5 Å². The van der Waals surface area contributed by atoms with Crippen LogP contribution in [0.15, 0.2) is 24.3 Å². The van der Waals surface area contributed by atoms with E-state index in [0.717, 1.165) is 18.5 Å². The highest BCUT2D eigenvalue weighted by atomic mass is 16.3. The van der Waals surface area contributed by atoms with Gasteiger partial charge in [0, 0.05) is 6.04 Å². The zero-order valence-corrected chi connectivity index (χ0v) is 12.3. The lowest BCUT2D eigenvalue weighted by Gasteiger charge is -2.23. The minimum Gasteiger partial charge on any atom is -0.387 e. The molecule has 1 aromatic carbocycles. The molecule has 0 aliphatic rings. The third-order valence-electron chi connectivity index (χ3n) is 3.31. The van der Waals surface area contributed by atoms with Crippen molar-refractivity contribution in [3.8, 4) is 0 Å². The molecule has 0 aliphatic carbocycles. The summed E-state index contributed by atoms with van der Waals surface area (Å²) in [5.41, 5.74) is 2.45. The third kappa shape index (κ3) is 4.11. The Morgan fingerprint density at radius 3 is 2.17 bits per heavy atom. The quantitative estimate of drug-likeness (QED) is 0.838. The van der Waals surface area contributed by atoms with Crippen molar-refractivity contribution in [2.24, 2.45) is 0 Å². The first kappa shape index (κ1) is 15.2. The molecule has 0 bridgehead atoms. The van der Waals surface area contributed by atoms with Gasteiger partial charge in [-0.05, 0) is 36.4 Å². The maximum Gasteiger partial charge on any atom is 0.0940 e. The Labute approximate surface area is 111 Å². The second-order valence-corrected chi connectivity index (χ2v) is 6.06. The summed E-state index contributed by atoms with van der Waals surface area (Å²) < 4.78 is 0. The van der Waals surface area contributed by atoms with E-state index < -0.39 is 6.10 Å². The average Bonchev–Trinajstić information content (AvgIpc) is 2.34. The Balaban J connectivity index is 2.72. The molecule has 2 nitrogen and oxygen atoms in total. The minimum atomic E-state index is -0.439. The molecule has 18 heavy (non-hydrogen) atoms. The van der Waals surface area contributed by atoms with Gasteiger partial charge in [-0.15, -0.1) is 0 Å². The molecular weight excluding hydrogens is 222 g/mol. The van der Waals surface area contributed by atoms with Crippen LogP contribution in [0.1, 0.15) is 58.3 Å². The number of hydrogen-bond donors (Lipinski definition) is 2. The lowest BCUT2D eigenvalue weighted by atomic mass is 9.86. The molecule has 0 aromatic heterocycles. The van der Waals surface area contributed by atoms with Crippen LogP contribution in [0.25, 0.3) is 0 Å². The molecule has 0 amide bonds. The highest BCUT2D eigenvalue weighted by Gasteiger charge is 2.17. The Morgan fingerprint density at radius 2 is 1.72 bits per heavy atom. The summed E-state index contributed by atoms with van der Waals surface area (Å²) in [5.74, 6) is 0. The Kier molecular flexibility index (Phi) is 5.36. The number of benzene rings is 1. The van der Waals surface area contributed by atoms with Crippen molar-refractivity contribution < 1.29 is 5.11 Å². The highest BCUT2D eigenvalue weighted by Crippen LogP contribution is 2.24. The van der Waals surface area contributed by atoms with Crippen molar-refractivity contribution in [3.63, 3.8) is 0 Å². The van der Waals surface area contributed by atoms with Gasteiger partial charge in [0.2, 0.25) is 0 Å². The molecule has 2 N–H and O–H groups in total. The van der Waals surface area contributed by atoms with Gasteiger partial charge < -0.3 is 10.4 Å². The van der Waals surface area contributed by atoms with Crippen molar-refractivity contribution >= 4 is 0 Å². The first-order valence-electron chi connectivity index (χ1n) is 6.88. The third-order valence-corrected chi connectivity index (χ3v) is 3.31. The van der Waals surface area contributed by atoms with Gasteiger partial charge in [0.05, 0.1) is 6.10 Å². The molecule has 102 valence electrons. The van der Waals surface area contributed by atoms with E-state index in [4.69, 9.17) is 0 Å². The second kappa shape index (κ2) is 6.35. The van der Waals surface area contributed by atoms with Gasteiger partial charge in [-0.2, -0.15) is 0 Å². The van der Waals surface area contributed by atoms with Crippen LogP contribution < -0.4 is 5.32 Å². The van der Waals surface area contributed by atoms with E-state index in [1.54, 1.807) is 0 Å². The summed E-state index contributed by atoms with van der Waals surface area (Å²) in [7, 11) is 0. The molecule has 0 spiro atoms. The lowest BCUT2D eigenvalue weighted by molar-refractivity contribution is 0.136. The molecule has 0 radical (unpaired) electrons. The number of aliphatic hydroxyl groups is 1. The largest absolute Gasteiger partial charge is 0.387 e. The van der Waals surface area contributed by atoms with E-state index in [1.807, 2.05) is 19.1 Å². The van der Waals surface area contributed by atoms with E-state index in [9.17, 15) is 5.11 Å². The molecular formula is C16H27NO. The SMILES string of the molecule is CCCNC(C)C(O)c1ccc(C(C)(C)C)cc1. The average molecular weight is 249 g/mol. The van der Waals surface area contributed by atoms with Crippen LogP contribution in [-0.2, 0) is 5.41 Å². The Hall–Kier alpha value is -0.860.